The van der Waals surface area contributed by atoms with Crippen LogP contribution < -0.4 is 10.1 Å². The van der Waals surface area contributed by atoms with Crippen molar-refractivity contribution in [2.24, 2.45) is 0 Å². The van der Waals surface area contributed by atoms with E-state index in [1.807, 2.05) is 83.4 Å². The van der Waals surface area contributed by atoms with Crippen LogP contribution in [0, 0.1) is 0 Å². The second-order valence-corrected chi connectivity index (χ2v) is 7.53. The fourth-order valence-corrected chi connectivity index (χ4v) is 3.67. The number of carbonyl (C=O) groups excluding carboxylic acids is 1. The van der Waals surface area contributed by atoms with Gasteiger partial charge < -0.3 is 10.1 Å². The molecule has 1 amide bonds. The number of carbonyl (C=O) groups is 1. The number of rotatable bonds is 7. The van der Waals surface area contributed by atoms with Gasteiger partial charge in [-0.2, -0.15) is 5.10 Å². The molecule has 0 aliphatic heterocycles. The van der Waals surface area contributed by atoms with E-state index in [-0.39, 0.29) is 12.5 Å². The van der Waals surface area contributed by atoms with E-state index in [1.165, 1.54) is 0 Å². The van der Waals surface area contributed by atoms with Gasteiger partial charge in [-0.25, -0.2) is 0 Å². The maximum atomic E-state index is 13.2. The van der Waals surface area contributed by atoms with Crippen molar-refractivity contribution in [3.8, 4) is 17.0 Å². The molecule has 164 valence electrons. The Hall–Kier alpha value is -4.46. The molecule has 0 unspecified atom stereocenters. The molecule has 0 saturated carbocycles. The van der Waals surface area contributed by atoms with Crippen molar-refractivity contribution in [3.05, 3.63) is 102 Å². The van der Waals surface area contributed by atoms with Gasteiger partial charge in [0.2, 0.25) is 0 Å². The normalized spacial score (nSPS) is 10.9. The Morgan fingerprint density at radius 3 is 2.55 bits per heavy atom. The summed E-state index contributed by atoms with van der Waals surface area (Å²) in [5.74, 6) is 1.17. The summed E-state index contributed by atoms with van der Waals surface area (Å²) < 4.78 is 8.90. The number of hydrogen-bond acceptors (Lipinski definition) is 5. The molecule has 0 radical (unpaired) electrons. The molecular formula is C25H22N6O2. The Balaban J connectivity index is 1.43. The highest BCUT2D eigenvalue weighted by molar-refractivity contribution is 5.99. The van der Waals surface area contributed by atoms with E-state index in [9.17, 15) is 4.79 Å². The lowest BCUT2D eigenvalue weighted by atomic mass is 10.1. The van der Waals surface area contributed by atoms with E-state index in [0.29, 0.717) is 23.6 Å². The predicted octanol–water partition coefficient (Wildman–Crippen LogP) is 3.58. The first kappa shape index (κ1) is 20.4. The smallest absolute Gasteiger partial charge is 0.255 e. The number of hydrogen-bond donors (Lipinski definition) is 1. The highest BCUT2D eigenvalue weighted by Gasteiger charge is 2.19. The summed E-state index contributed by atoms with van der Waals surface area (Å²) in [6.45, 7) is 0.808. The topological polar surface area (TPSA) is 86.3 Å². The highest BCUT2D eigenvalue weighted by atomic mass is 16.5. The molecule has 0 bridgehead atoms. The number of nitrogens with zero attached hydrogens (tertiary/aromatic N) is 5. The Labute approximate surface area is 190 Å². The van der Waals surface area contributed by atoms with Crippen molar-refractivity contribution in [3.63, 3.8) is 0 Å². The Morgan fingerprint density at radius 2 is 1.76 bits per heavy atom. The highest BCUT2D eigenvalue weighted by Crippen LogP contribution is 2.25. The van der Waals surface area contributed by atoms with E-state index in [0.717, 1.165) is 22.5 Å². The average molecular weight is 438 g/mol. The van der Waals surface area contributed by atoms with Crippen molar-refractivity contribution >= 4 is 11.6 Å². The SMILES string of the molecule is COc1ccc(-c2nn(Cc3ccccc3)cc2C(=O)NCc2nnc3ccccn23)cc1. The molecule has 8 nitrogen and oxygen atoms in total. The molecule has 5 aromatic rings. The van der Waals surface area contributed by atoms with Gasteiger partial charge in [0, 0.05) is 18.0 Å². The molecule has 8 heteroatoms. The van der Waals surface area contributed by atoms with Crippen molar-refractivity contribution in [1.82, 2.24) is 29.7 Å². The minimum atomic E-state index is -0.229. The molecule has 5 rings (SSSR count). The van der Waals surface area contributed by atoms with Gasteiger partial charge in [0.05, 0.1) is 25.8 Å². The van der Waals surface area contributed by atoms with Crippen molar-refractivity contribution in [2.45, 2.75) is 13.1 Å². The van der Waals surface area contributed by atoms with Crippen LogP contribution in [0.1, 0.15) is 21.7 Å². The summed E-state index contributed by atoms with van der Waals surface area (Å²) in [5, 5.41) is 16.0. The van der Waals surface area contributed by atoms with Gasteiger partial charge in [-0.1, -0.05) is 36.4 Å². The van der Waals surface area contributed by atoms with Gasteiger partial charge in [-0.3, -0.25) is 13.9 Å². The Morgan fingerprint density at radius 1 is 0.970 bits per heavy atom. The van der Waals surface area contributed by atoms with Crippen molar-refractivity contribution < 1.29 is 9.53 Å². The summed E-state index contributed by atoms with van der Waals surface area (Å²) in [7, 11) is 1.62. The summed E-state index contributed by atoms with van der Waals surface area (Å²) in [6, 6.07) is 23.2. The van der Waals surface area contributed by atoms with Crippen LogP contribution in [0.5, 0.6) is 5.75 Å². The molecule has 0 aliphatic rings. The number of methoxy groups -OCH3 is 1. The van der Waals surface area contributed by atoms with Crippen molar-refractivity contribution in [2.75, 3.05) is 7.11 Å². The molecule has 3 heterocycles. The summed E-state index contributed by atoms with van der Waals surface area (Å²) in [6.07, 6.45) is 3.65. The van der Waals surface area contributed by atoms with Crippen LogP contribution >= 0.6 is 0 Å². The second kappa shape index (κ2) is 8.96. The fourth-order valence-electron chi connectivity index (χ4n) is 3.67. The van der Waals surface area contributed by atoms with Gasteiger partial charge in [0.25, 0.3) is 5.91 Å². The Kier molecular flexibility index (Phi) is 5.55. The first-order valence-corrected chi connectivity index (χ1v) is 10.5. The third-order valence-corrected chi connectivity index (χ3v) is 5.35. The lowest BCUT2D eigenvalue weighted by Crippen LogP contribution is -2.24. The molecule has 3 aromatic heterocycles. The minimum absolute atomic E-state index is 0.229. The summed E-state index contributed by atoms with van der Waals surface area (Å²) >= 11 is 0. The molecule has 0 atom stereocenters. The summed E-state index contributed by atoms with van der Waals surface area (Å²) in [5.41, 5.74) is 3.77. The average Bonchev–Trinajstić information content (AvgIpc) is 3.48. The summed E-state index contributed by atoms with van der Waals surface area (Å²) in [4.78, 5) is 13.2. The molecule has 0 aliphatic carbocycles. The van der Waals surface area contributed by atoms with Crippen LogP contribution in [0.3, 0.4) is 0 Å². The number of pyridine rings is 1. The van der Waals surface area contributed by atoms with Crippen LogP contribution in [0.4, 0.5) is 0 Å². The molecule has 33 heavy (non-hydrogen) atoms. The fraction of sp³-hybridized carbons (Fsp3) is 0.120. The van der Waals surface area contributed by atoms with Crippen LogP contribution in [-0.4, -0.2) is 37.4 Å². The lowest BCUT2D eigenvalue weighted by molar-refractivity contribution is 0.0950. The number of fused-ring (bicyclic) bond motifs is 1. The van der Waals surface area contributed by atoms with E-state index < -0.39 is 0 Å². The number of amides is 1. The number of aromatic nitrogens is 5. The standard InChI is InChI=1S/C25H22N6O2/c1-33-20-12-10-19(11-13-20)24-21(17-30(29-24)16-18-7-3-2-4-8-18)25(32)26-15-23-28-27-22-9-5-6-14-31(22)23/h2-14,17H,15-16H2,1H3,(H,26,32). The van der Waals surface area contributed by atoms with Crippen LogP contribution in [0.25, 0.3) is 16.9 Å². The monoisotopic (exact) mass is 438 g/mol. The molecule has 0 saturated heterocycles. The van der Waals surface area contributed by atoms with Gasteiger partial charge in [0.15, 0.2) is 11.5 Å². The number of ether oxygens (including phenoxy) is 1. The molecule has 0 spiro atoms. The van der Waals surface area contributed by atoms with Gasteiger partial charge >= 0.3 is 0 Å². The Bertz CT molecular complexity index is 1390. The largest absolute Gasteiger partial charge is 0.497 e. The van der Waals surface area contributed by atoms with Crippen LogP contribution in [0.2, 0.25) is 0 Å². The van der Waals surface area contributed by atoms with Crippen molar-refractivity contribution in [1.29, 1.82) is 0 Å². The van der Waals surface area contributed by atoms with E-state index >= 15 is 0 Å². The third-order valence-electron chi connectivity index (χ3n) is 5.35. The van der Waals surface area contributed by atoms with E-state index in [1.54, 1.807) is 18.0 Å². The van der Waals surface area contributed by atoms with Crippen LogP contribution in [-0.2, 0) is 13.1 Å². The first-order chi connectivity index (χ1) is 16.2. The van der Waals surface area contributed by atoms with Crippen LogP contribution in [0.15, 0.2) is 85.2 Å². The zero-order chi connectivity index (χ0) is 22.6. The van der Waals surface area contributed by atoms with Gasteiger partial charge in [0.1, 0.15) is 11.4 Å². The van der Waals surface area contributed by atoms with E-state index in [4.69, 9.17) is 9.84 Å². The third kappa shape index (κ3) is 4.31. The lowest BCUT2D eigenvalue weighted by Gasteiger charge is -2.05. The van der Waals surface area contributed by atoms with Gasteiger partial charge in [-0.15, -0.1) is 10.2 Å². The number of benzene rings is 2. The number of nitrogens with one attached hydrogen (secondary N) is 1. The zero-order valence-corrected chi connectivity index (χ0v) is 18.0. The molecule has 0 fully saturated rings. The van der Waals surface area contributed by atoms with Gasteiger partial charge in [-0.05, 0) is 42.0 Å². The first-order valence-electron chi connectivity index (χ1n) is 10.5. The maximum Gasteiger partial charge on any atom is 0.255 e. The minimum Gasteiger partial charge on any atom is -0.497 e. The quantitative estimate of drug-likeness (QED) is 0.420. The van der Waals surface area contributed by atoms with E-state index in [2.05, 4.69) is 15.5 Å². The molecular weight excluding hydrogens is 416 g/mol. The molecule has 1 N–H and O–H groups in total. The zero-order valence-electron chi connectivity index (χ0n) is 18.0. The second-order valence-electron chi connectivity index (χ2n) is 7.53. The maximum absolute atomic E-state index is 13.2. The molecule has 2 aromatic carbocycles. The predicted molar refractivity (Wildman–Crippen MR) is 124 cm³/mol.